The predicted octanol–water partition coefficient (Wildman–Crippen LogP) is 4.12. The Morgan fingerprint density at radius 3 is 2.96 bits per heavy atom. The first kappa shape index (κ1) is 17.8. The third-order valence-corrected chi connectivity index (χ3v) is 5.12. The summed E-state index contributed by atoms with van der Waals surface area (Å²) in [6.45, 7) is 3.51. The van der Waals surface area contributed by atoms with Gasteiger partial charge in [-0.05, 0) is 62.7 Å². The van der Waals surface area contributed by atoms with E-state index in [4.69, 9.17) is 9.26 Å². The number of halogens is 1. The lowest BCUT2D eigenvalue weighted by Gasteiger charge is -2.31. The number of likely N-dealkylation sites (tertiary alicyclic amines) is 1. The van der Waals surface area contributed by atoms with Crippen molar-refractivity contribution in [3.63, 3.8) is 0 Å². The first-order valence-corrected chi connectivity index (χ1v) is 9.30. The number of ether oxygens (including phenoxy) is 1. The summed E-state index contributed by atoms with van der Waals surface area (Å²) in [5.41, 5.74) is 1.47. The lowest BCUT2D eigenvalue weighted by atomic mass is 9.91. The molecule has 5 nitrogen and oxygen atoms in total. The van der Waals surface area contributed by atoms with Gasteiger partial charge in [-0.15, -0.1) is 0 Å². The molecule has 0 bridgehead atoms. The Bertz CT molecular complexity index is 903. The van der Waals surface area contributed by atoms with Gasteiger partial charge in [-0.3, -0.25) is 0 Å². The van der Waals surface area contributed by atoms with Crippen LogP contribution in [0.5, 0.6) is 11.5 Å². The summed E-state index contributed by atoms with van der Waals surface area (Å²) in [5, 5.41) is 14.8. The molecule has 6 heteroatoms. The lowest BCUT2D eigenvalue weighted by molar-refractivity contribution is 0.189. The molecule has 0 aliphatic carbocycles. The first-order valence-electron chi connectivity index (χ1n) is 9.30. The van der Waals surface area contributed by atoms with Gasteiger partial charge in [0.05, 0.1) is 12.3 Å². The van der Waals surface area contributed by atoms with Crippen molar-refractivity contribution in [1.82, 2.24) is 10.1 Å². The number of hydrogen-bond donors (Lipinski definition) is 1. The second-order valence-corrected chi connectivity index (χ2v) is 6.92. The molecule has 0 amide bonds. The minimum Gasteiger partial charge on any atom is -0.504 e. The van der Waals surface area contributed by atoms with Crippen LogP contribution in [0, 0.1) is 11.9 Å². The quantitative estimate of drug-likeness (QED) is 0.663. The van der Waals surface area contributed by atoms with Crippen molar-refractivity contribution in [3.8, 4) is 11.5 Å². The van der Waals surface area contributed by atoms with Gasteiger partial charge in [0.15, 0.2) is 17.1 Å². The van der Waals surface area contributed by atoms with E-state index in [2.05, 4.69) is 16.1 Å². The van der Waals surface area contributed by atoms with Crippen LogP contribution in [0.3, 0.4) is 0 Å². The van der Waals surface area contributed by atoms with E-state index in [0.29, 0.717) is 23.9 Å². The van der Waals surface area contributed by atoms with E-state index >= 15 is 0 Å². The molecule has 2 heterocycles. The van der Waals surface area contributed by atoms with Crippen molar-refractivity contribution in [2.75, 3.05) is 26.2 Å². The fraction of sp³-hybridized carbons (Fsp3) is 0.381. The maximum absolute atomic E-state index is 13.3. The maximum Gasteiger partial charge on any atom is 0.170 e. The molecule has 141 valence electrons. The summed E-state index contributed by atoms with van der Waals surface area (Å²) in [6.07, 6.45) is 2.92. The number of phenols is 1. The number of rotatable bonds is 6. The highest BCUT2D eigenvalue weighted by molar-refractivity contribution is 5.79. The topological polar surface area (TPSA) is 58.7 Å². The second-order valence-electron chi connectivity index (χ2n) is 6.92. The van der Waals surface area contributed by atoms with Crippen molar-refractivity contribution >= 4 is 11.0 Å². The molecule has 1 saturated heterocycles. The van der Waals surface area contributed by atoms with E-state index in [0.717, 1.165) is 50.0 Å². The minimum atomic E-state index is -0.302. The van der Waals surface area contributed by atoms with Gasteiger partial charge in [0.2, 0.25) is 0 Å². The molecule has 1 aliphatic heterocycles. The number of aromatic hydroxyl groups is 1. The Hall–Kier alpha value is -2.60. The Morgan fingerprint density at radius 1 is 1.30 bits per heavy atom. The lowest BCUT2D eigenvalue weighted by Crippen LogP contribution is -2.34. The number of aromatic nitrogens is 1. The molecule has 3 aromatic rings. The summed E-state index contributed by atoms with van der Waals surface area (Å²) < 4.78 is 24.2. The molecular weight excluding hydrogens is 347 g/mol. The van der Waals surface area contributed by atoms with Crippen LogP contribution in [0.25, 0.3) is 11.0 Å². The zero-order valence-electron chi connectivity index (χ0n) is 15.0. The molecule has 1 fully saturated rings. The van der Waals surface area contributed by atoms with Gasteiger partial charge in [0.25, 0.3) is 0 Å². The van der Waals surface area contributed by atoms with E-state index in [1.165, 1.54) is 18.2 Å². The van der Waals surface area contributed by atoms with Crippen molar-refractivity contribution in [3.05, 3.63) is 54.0 Å². The van der Waals surface area contributed by atoms with Crippen LogP contribution in [0.15, 0.2) is 40.9 Å². The summed E-state index contributed by atoms with van der Waals surface area (Å²) in [7, 11) is 0. The molecule has 0 unspecified atom stereocenters. The third kappa shape index (κ3) is 4.06. The van der Waals surface area contributed by atoms with Crippen molar-refractivity contribution < 1.29 is 18.8 Å². The van der Waals surface area contributed by atoms with Crippen LogP contribution in [0.1, 0.15) is 30.9 Å². The SMILES string of the molecule is Oc1c[c]ccc1OCCCN1CCC(c2noc3cc(F)ccc23)CC1. The molecule has 1 aliphatic rings. The fourth-order valence-electron chi connectivity index (χ4n) is 3.65. The molecule has 0 spiro atoms. The van der Waals surface area contributed by atoms with Gasteiger partial charge in [-0.25, -0.2) is 4.39 Å². The largest absolute Gasteiger partial charge is 0.504 e. The van der Waals surface area contributed by atoms with E-state index in [1.54, 1.807) is 18.2 Å². The Balaban J connectivity index is 1.25. The van der Waals surface area contributed by atoms with Gasteiger partial charge < -0.3 is 19.3 Å². The van der Waals surface area contributed by atoms with Gasteiger partial charge in [0, 0.05) is 23.9 Å². The van der Waals surface area contributed by atoms with Crippen LogP contribution in [-0.2, 0) is 0 Å². The predicted molar refractivity (Wildman–Crippen MR) is 99.4 cm³/mol. The molecule has 1 aromatic heterocycles. The normalized spacial score (nSPS) is 16.0. The van der Waals surface area contributed by atoms with Crippen LogP contribution in [-0.4, -0.2) is 41.4 Å². The Kier molecular flexibility index (Phi) is 5.25. The molecule has 0 saturated carbocycles. The zero-order valence-corrected chi connectivity index (χ0v) is 15.0. The molecule has 2 aromatic carbocycles. The molecular formula is C21H22FN2O3. The molecule has 1 radical (unpaired) electrons. The first-order chi connectivity index (χ1) is 13.2. The van der Waals surface area contributed by atoms with Gasteiger partial charge >= 0.3 is 0 Å². The van der Waals surface area contributed by atoms with Gasteiger partial charge in [-0.2, -0.15) is 0 Å². The number of piperidine rings is 1. The van der Waals surface area contributed by atoms with E-state index in [1.807, 2.05) is 0 Å². The highest BCUT2D eigenvalue weighted by Crippen LogP contribution is 2.32. The number of hydrogen-bond acceptors (Lipinski definition) is 5. The Labute approximate surface area is 157 Å². The number of fused-ring (bicyclic) bond motifs is 1. The van der Waals surface area contributed by atoms with Crippen LogP contribution in [0.4, 0.5) is 4.39 Å². The molecule has 4 rings (SSSR count). The summed E-state index contributed by atoms with van der Waals surface area (Å²) in [4.78, 5) is 2.42. The zero-order chi connectivity index (χ0) is 18.6. The number of nitrogens with zero attached hydrogens (tertiary/aromatic N) is 2. The molecule has 0 atom stereocenters. The molecule has 27 heavy (non-hydrogen) atoms. The smallest absolute Gasteiger partial charge is 0.170 e. The second kappa shape index (κ2) is 7.96. The summed E-state index contributed by atoms with van der Waals surface area (Å²) in [5.74, 6) is 0.672. The van der Waals surface area contributed by atoms with Crippen molar-refractivity contribution in [1.29, 1.82) is 0 Å². The monoisotopic (exact) mass is 369 g/mol. The Morgan fingerprint density at radius 2 is 2.15 bits per heavy atom. The third-order valence-electron chi connectivity index (χ3n) is 5.12. The summed E-state index contributed by atoms with van der Waals surface area (Å²) in [6, 6.07) is 12.4. The van der Waals surface area contributed by atoms with Crippen LogP contribution < -0.4 is 4.74 Å². The minimum absolute atomic E-state index is 0.123. The van der Waals surface area contributed by atoms with Crippen LogP contribution >= 0.6 is 0 Å². The summed E-state index contributed by atoms with van der Waals surface area (Å²) >= 11 is 0. The van der Waals surface area contributed by atoms with E-state index in [9.17, 15) is 9.50 Å². The van der Waals surface area contributed by atoms with Crippen LogP contribution in [0.2, 0.25) is 0 Å². The number of phenolic OH excluding ortho intramolecular Hbond substituents is 1. The fourth-order valence-corrected chi connectivity index (χ4v) is 3.65. The van der Waals surface area contributed by atoms with Gasteiger partial charge in [-0.1, -0.05) is 11.2 Å². The highest BCUT2D eigenvalue weighted by atomic mass is 19.1. The maximum atomic E-state index is 13.3. The number of benzene rings is 2. The van der Waals surface area contributed by atoms with Gasteiger partial charge in [0.1, 0.15) is 5.82 Å². The average molecular weight is 369 g/mol. The molecule has 1 N–H and O–H groups in total. The average Bonchev–Trinajstić information content (AvgIpc) is 3.10. The van der Waals surface area contributed by atoms with Crippen molar-refractivity contribution in [2.45, 2.75) is 25.2 Å². The highest BCUT2D eigenvalue weighted by Gasteiger charge is 2.24. The van der Waals surface area contributed by atoms with Crippen molar-refractivity contribution in [2.24, 2.45) is 0 Å². The standard InChI is InChI=1S/C21H22FN2O3/c22-16-6-7-17-20(14-16)27-23-21(17)15-8-11-24(12-9-15)10-3-13-26-19-5-2-1-4-18(19)25/h2,4-7,14-15,25H,3,8-13H2. The van der Waals surface area contributed by atoms with E-state index in [-0.39, 0.29) is 11.6 Å². The van der Waals surface area contributed by atoms with E-state index < -0.39 is 0 Å².